The van der Waals surface area contributed by atoms with E-state index in [0.29, 0.717) is 19.5 Å². The van der Waals surface area contributed by atoms with Crippen LogP contribution in [0.3, 0.4) is 0 Å². The largest absolute Gasteiger partial charge is 0.396 e. The standard InChI is InChI=1S/C23H26N4O4/c1-25(12-16-11-24-26(2)13-16)21(29)19-18-7-9-23(31-18)14-27(22(30)20(19)23)17-5-3-15(4-6-17)8-10-28/h3-7,9,11,13,18-20,28H,8,10,12,14H2,1-2H3/t18-,19?,20?,23-/m0/s1. The number of carbonyl (C=O) groups is 2. The van der Waals surface area contributed by atoms with E-state index in [9.17, 15) is 9.59 Å². The first kappa shape index (κ1) is 20.0. The highest BCUT2D eigenvalue weighted by Crippen LogP contribution is 2.53. The Morgan fingerprint density at radius 1 is 1.32 bits per heavy atom. The van der Waals surface area contributed by atoms with Gasteiger partial charge < -0.3 is 19.6 Å². The zero-order valence-electron chi connectivity index (χ0n) is 17.6. The Balaban J connectivity index is 1.37. The van der Waals surface area contributed by atoms with Crippen molar-refractivity contribution >= 4 is 17.5 Å². The molecule has 2 unspecified atom stereocenters. The first-order valence-corrected chi connectivity index (χ1v) is 10.5. The van der Waals surface area contributed by atoms with Gasteiger partial charge in [0.05, 0.1) is 30.7 Å². The molecule has 2 amide bonds. The average molecular weight is 422 g/mol. The highest BCUT2D eigenvalue weighted by Gasteiger charge is 2.67. The molecule has 1 N–H and O–H groups in total. The van der Waals surface area contributed by atoms with Gasteiger partial charge in [0.25, 0.3) is 0 Å². The molecule has 3 aliphatic rings. The second-order valence-electron chi connectivity index (χ2n) is 8.68. The van der Waals surface area contributed by atoms with E-state index < -0.39 is 17.4 Å². The first-order chi connectivity index (χ1) is 14.9. The molecule has 2 saturated heterocycles. The zero-order chi connectivity index (χ0) is 21.8. The number of aliphatic hydroxyl groups excluding tert-OH is 1. The number of aryl methyl sites for hydroxylation is 1. The van der Waals surface area contributed by atoms with E-state index >= 15 is 0 Å². The van der Waals surface area contributed by atoms with Crippen LogP contribution < -0.4 is 4.90 Å². The maximum absolute atomic E-state index is 13.5. The van der Waals surface area contributed by atoms with E-state index in [1.807, 2.05) is 49.7 Å². The smallest absolute Gasteiger partial charge is 0.234 e. The summed E-state index contributed by atoms with van der Waals surface area (Å²) in [5.74, 6) is -1.21. The summed E-state index contributed by atoms with van der Waals surface area (Å²) >= 11 is 0. The third-order valence-corrected chi connectivity index (χ3v) is 6.59. The molecule has 0 aliphatic carbocycles. The van der Waals surface area contributed by atoms with Crippen molar-refractivity contribution in [1.29, 1.82) is 0 Å². The number of hydrogen-bond donors (Lipinski definition) is 1. The van der Waals surface area contributed by atoms with Gasteiger partial charge in [-0.05, 0) is 24.1 Å². The van der Waals surface area contributed by atoms with E-state index in [1.54, 1.807) is 27.7 Å². The molecule has 0 saturated carbocycles. The van der Waals surface area contributed by atoms with Gasteiger partial charge in [-0.25, -0.2) is 0 Å². The number of rotatable bonds is 6. The fourth-order valence-electron chi connectivity index (χ4n) is 5.13. The number of benzene rings is 1. The van der Waals surface area contributed by atoms with Crippen molar-refractivity contribution in [3.05, 3.63) is 59.9 Å². The van der Waals surface area contributed by atoms with E-state index in [-0.39, 0.29) is 24.5 Å². The summed E-state index contributed by atoms with van der Waals surface area (Å²) in [6.07, 6.45) is 7.72. The quantitative estimate of drug-likeness (QED) is 0.699. The third kappa shape index (κ3) is 3.18. The fourth-order valence-corrected chi connectivity index (χ4v) is 5.13. The number of aliphatic hydroxyl groups is 1. The molecule has 3 aliphatic heterocycles. The van der Waals surface area contributed by atoms with Crippen LogP contribution in [0.25, 0.3) is 0 Å². The zero-order valence-corrected chi connectivity index (χ0v) is 17.6. The molecule has 0 radical (unpaired) electrons. The van der Waals surface area contributed by atoms with Gasteiger partial charge >= 0.3 is 0 Å². The normalized spacial score (nSPS) is 28.4. The van der Waals surface area contributed by atoms with Crippen LogP contribution in [-0.4, -0.2) is 63.5 Å². The minimum atomic E-state index is -0.749. The molecule has 31 heavy (non-hydrogen) atoms. The molecule has 4 heterocycles. The lowest BCUT2D eigenvalue weighted by Gasteiger charge is -2.27. The number of hydrogen-bond acceptors (Lipinski definition) is 5. The number of ether oxygens (including phenoxy) is 1. The van der Waals surface area contributed by atoms with Crippen molar-refractivity contribution < 1.29 is 19.4 Å². The Kier molecular flexibility index (Phi) is 4.71. The van der Waals surface area contributed by atoms with Crippen LogP contribution in [-0.2, 0) is 34.3 Å². The van der Waals surface area contributed by atoms with E-state index in [1.165, 1.54) is 0 Å². The van der Waals surface area contributed by atoms with Crippen molar-refractivity contribution in [2.24, 2.45) is 18.9 Å². The minimum absolute atomic E-state index is 0.0742. The number of carbonyl (C=O) groups excluding carboxylic acids is 2. The Morgan fingerprint density at radius 3 is 2.77 bits per heavy atom. The molecule has 5 rings (SSSR count). The Bertz CT molecular complexity index is 1050. The monoisotopic (exact) mass is 422 g/mol. The van der Waals surface area contributed by atoms with Crippen LogP contribution in [0.5, 0.6) is 0 Å². The predicted molar refractivity (Wildman–Crippen MR) is 113 cm³/mol. The maximum atomic E-state index is 13.5. The maximum Gasteiger partial charge on any atom is 0.234 e. The van der Waals surface area contributed by atoms with Crippen LogP contribution in [0.15, 0.2) is 48.8 Å². The molecule has 162 valence electrons. The van der Waals surface area contributed by atoms with E-state index in [0.717, 1.165) is 16.8 Å². The lowest BCUT2D eigenvalue weighted by molar-refractivity contribution is -0.139. The van der Waals surface area contributed by atoms with Crippen molar-refractivity contribution in [2.45, 2.75) is 24.7 Å². The van der Waals surface area contributed by atoms with E-state index in [4.69, 9.17) is 9.84 Å². The first-order valence-electron chi connectivity index (χ1n) is 10.5. The van der Waals surface area contributed by atoms with Gasteiger partial charge in [-0.3, -0.25) is 14.3 Å². The number of amides is 2. The van der Waals surface area contributed by atoms with Crippen molar-refractivity contribution in [1.82, 2.24) is 14.7 Å². The molecular weight excluding hydrogens is 396 g/mol. The van der Waals surface area contributed by atoms with Gasteiger partial charge in [0.1, 0.15) is 5.60 Å². The molecule has 1 aromatic carbocycles. The van der Waals surface area contributed by atoms with Gasteiger partial charge in [-0.1, -0.05) is 24.3 Å². The number of fused-ring (bicyclic) bond motifs is 1. The summed E-state index contributed by atoms with van der Waals surface area (Å²) in [7, 11) is 3.60. The minimum Gasteiger partial charge on any atom is -0.396 e. The summed E-state index contributed by atoms with van der Waals surface area (Å²) in [5.41, 5.74) is 1.99. The van der Waals surface area contributed by atoms with Crippen molar-refractivity contribution in [3.63, 3.8) is 0 Å². The third-order valence-electron chi connectivity index (χ3n) is 6.59. The Morgan fingerprint density at radius 2 is 2.10 bits per heavy atom. The summed E-state index contributed by atoms with van der Waals surface area (Å²) in [5, 5.41) is 13.3. The summed E-state index contributed by atoms with van der Waals surface area (Å²) in [6, 6.07) is 7.62. The fraction of sp³-hybridized carbons (Fsp3) is 0.435. The highest BCUT2D eigenvalue weighted by atomic mass is 16.5. The molecule has 2 bridgehead atoms. The molecular formula is C23H26N4O4. The van der Waals surface area contributed by atoms with Crippen LogP contribution in [0.4, 0.5) is 5.69 Å². The molecule has 2 aromatic rings. The molecule has 8 heteroatoms. The molecule has 8 nitrogen and oxygen atoms in total. The van der Waals surface area contributed by atoms with Crippen molar-refractivity contribution in [3.8, 4) is 0 Å². The summed E-state index contributed by atoms with van der Waals surface area (Å²) < 4.78 is 7.94. The average Bonchev–Trinajstić information content (AvgIpc) is 3.50. The topological polar surface area (TPSA) is 87.9 Å². The van der Waals surface area contributed by atoms with Crippen molar-refractivity contribution in [2.75, 3.05) is 25.1 Å². The SMILES string of the molecule is CN(Cc1cnn(C)c1)C(=O)C1C2C(=O)N(c3ccc(CCO)cc3)C[C@@]23C=C[C@@H]1O3. The predicted octanol–water partition coefficient (Wildman–Crippen LogP) is 0.900. The van der Waals surface area contributed by atoms with Crippen LogP contribution in [0.2, 0.25) is 0 Å². The Labute approximate surface area is 180 Å². The number of anilines is 1. The molecule has 1 spiro atoms. The summed E-state index contributed by atoms with van der Waals surface area (Å²) in [4.78, 5) is 30.2. The van der Waals surface area contributed by atoms with Crippen LogP contribution >= 0.6 is 0 Å². The van der Waals surface area contributed by atoms with E-state index in [2.05, 4.69) is 5.10 Å². The molecule has 1 aromatic heterocycles. The lowest BCUT2D eigenvalue weighted by Crippen LogP contribution is -2.44. The Hall–Kier alpha value is -2.97. The van der Waals surface area contributed by atoms with Gasteiger partial charge in [-0.15, -0.1) is 0 Å². The molecule has 4 atom stereocenters. The molecule has 2 fully saturated rings. The second kappa shape index (κ2) is 7.32. The van der Waals surface area contributed by atoms with Gasteiger partial charge in [0.2, 0.25) is 11.8 Å². The summed E-state index contributed by atoms with van der Waals surface area (Å²) in [6.45, 7) is 0.923. The van der Waals surface area contributed by atoms with Crippen LogP contribution in [0, 0.1) is 11.8 Å². The highest BCUT2D eigenvalue weighted by molar-refractivity contribution is 6.03. The number of aromatic nitrogens is 2. The lowest BCUT2D eigenvalue weighted by atomic mass is 9.76. The van der Waals surface area contributed by atoms with Gasteiger partial charge in [0, 0.05) is 44.7 Å². The van der Waals surface area contributed by atoms with Gasteiger partial charge in [-0.2, -0.15) is 5.10 Å². The van der Waals surface area contributed by atoms with Gasteiger partial charge in [0.15, 0.2) is 0 Å². The second-order valence-corrected chi connectivity index (χ2v) is 8.68. The number of nitrogens with zero attached hydrogens (tertiary/aromatic N) is 4. The van der Waals surface area contributed by atoms with Crippen LogP contribution in [0.1, 0.15) is 11.1 Å².